The van der Waals surface area contributed by atoms with Gasteiger partial charge in [0.2, 0.25) is 0 Å². The summed E-state index contributed by atoms with van der Waals surface area (Å²) in [4.78, 5) is 28.2. The predicted molar refractivity (Wildman–Crippen MR) is 154 cm³/mol. The number of thiazole rings is 1. The fraction of sp³-hybridized carbons (Fsp3) is 0.407. The van der Waals surface area contributed by atoms with E-state index in [0.29, 0.717) is 49.3 Å². The van der Waals surface area contributed by atoms with E-state index in [9.17, 15) is 26.4 Å². The number of alkyl halides is 3. The monoisotopic (exact) mass is 674 g/mol. The number of hydrogen-bond donors (Lipinski definition) is 0. The number of carbonyl (C=O) groups excluding carboxylic acids is 1. The number of ether oxygens (including phenoxy) is 2. The number of rotatable bonds is 9. The molecule has 1 amide bonds. The van der Waals surface area contributed by atoms with Crippen molar-refractivity contribution in [2.45, 2.75) is 37.5 Å². The lowest BCUT2D eigenvalue weighted by Crippen LogP contribution is -2.40. The Hall–Kier alpha value is -3.63. The van der Waals surface area contributed by atoms with E-state index in [2.05, 4.69) is 10.1 Å². The second-order valence-electron chi connectivity index (χ2n) is 9.99. The Labute approximate surface area is 259 Å². The van der Waals surface area contributed by atoms with Crippen molar-refractivity contribution >= 4 is 44.7 Å². The van der Waals surface area contributed by atoms with Gasteiger partial charge in [-0.15, -0.1) is 11.3 Å². The molecule has 2 aliphatic heterocycles. The van der Waals surface area contributed by atoms with E-state index in [0.717, 1.165) is 23.4 Å². The van der Waals surface area contributed by atoms with Crippen LogP contribution < -0.4 is 13.7 Å². The van der Waals surface area contributed by atoms with Gasteiger partial charge in [-0.2, -0.15) is 21.6 Å². The first-order valence-corrected chi connectivity index (χ1v) is 16.3. The van der Waals surface area contributed by atoms with Gasteiger partial charge in [0.1, 0.15) is 11.4 Å². The molecule has 11 nitrogen and oxygen atoms in total. The molecule has 44 heavy (non-hydrogen) atoms. The van der Waals surface area contributed by atoms with E-state index in [-0.39, 0.29) is 28.3 Å². The first kappa shape index (κ1) is 31.8. The largest absolute Gasteiger partial charge is 0.491 e. The number of oxime groups is 1. The Bertz CT molecular complexity index is 1680. The molecule has 3 aromatic rings. The predicted octanol–water partition coefficient (Wildman–Crippen LogP) is 5.21. The Morgan fingerprint density at radius 3 is 2.59 bits per heavy atom. The molecule has 236 valence electrons. The smallest absolute Gasteiger partial charge is 0.433 e. The van der Waals surface area contributed by atoms with Crippen molar-refractivity contribution in [2.75, 3.05) is 33.1 Å². The van der Waals surface area contributed by atoms with Gasteiger partial charge in [0, 0.05) is 30.8 Å². The molecule has 0 aliphatic carbocycles. The minimum Gasteiger partial charge on any atom is -0.491 e. The molecule has 5 rings (SSSR count). The van der Waals surface area contributed by atoms with Gasteiger partial charge in [-0.3, -0.25) is 4.79 Å². The van der Waals surface area contributed by atoms with Crippen LogP contribution in [0.5, 0.6) is 17.4 Å². The van der Waals surface area contributed by atoms with Gasteiger partial charge in [-0.05, 0) is 37.1 Å². The van der Waals surface area contributed by atoms with Gasteiger partial charge in [0.25, 0.3) is 11.8 Å². The molecule has 17 heteroatoms. The average molecular weight is 675 g/mol. The second-order valence-corrected chi connectivity index (χ2v) is 12.9. The summed E-state index contributed by atoms with van der Waals surface area (Å²) in [5, 5.41) is 7.18. The van der Waals surface area contributed by atoms with Gasteiger partial charge in [-0.1, -0.05) is 22.8 Å². The molecule has 0 spiro atoms. The van der Waals surface area contributed by atoms with Crippen molar-refractivity contribution in [3.8, 4) is 17.4 Å². The third-order valence-corrected chi connectivity index (χ3v) is 8.75. The lowest BCUT2D eigenvalue weighted by molar-refractivity contribution is -0.141. The van der Waals surface area contributed by atoms with Crippen molar-refractivity contribution in [1.82, 2.24) is 14.9 Å². The Morgan fingerprint density at radius 2 is 1.91 bits per heavy atom. The van der Waals surface area contributed by atoms with Crippen molar-refractivity contribution < 1.29 is 44.9 Å². The number of hydrogen-bond acceptors (Lipinski definition) is 11. The standard InChI is InChI=1S/C27H26ClF3N4O7S2/c1-39-20-6-7-22(27(29,30)31)33-25(20)40-13-23(36)35-10-8-15(9-11-35)26-32-18(14-43-26)17-12-21(41-34-17)24-16(28)4-3-5-19(24)42-44(2,37)38/h3-7,14-15,21H,8-13H2,1-2H3. The van der Waals surface area contributed by atoms with Crippen molar-refractivity contribution in [3.05, 3.63) is 62.7 Å². The zero-order valence-electron chi connectivity index (χ0n) is 23.3. The summed E-state index contributed by atoms with van der Waals surface area (Å²) in [6.45, 7) is 0.341. The molecule has 0 saturated carbocycles. The fourth-order valence-corrected chi connectivity index (χ4v) is 6.56. The van der Waals surface area contributed by atoms with E-state index < -0.39 is 40.6 Å². The van der Waals surface area contributed by atoms with Crippen LogP contribution in [0.4, 0.5) is 13.2 Å². The van der Waals surface area contributed by atoms with Crippen molar-refractivity contribution in [1.29, 1.82) is 0 Å². The van der Waals surface area contributed by atoms with Crippen LogP contribution in [0.25, 0.3) is 0 Å². The number of methoxy groups -OCH3 is 1. The van der Waals surface area contributed by atoms with E-state index >= 15 is 0 Å². The van der Waals surface area contributed by atoms with Crippen LogP contribution in [0.3, 0.4) is 0 Å². The molecule has 0 N–H and O–H groups in total. The summed E-state index contributed by atoms with van der Waals surface area (Å²) < 4.78 is 78.0. The van der Waals surface area contributed by atoms with Gasteiger partial charge in [0.15, 0.2) is 24.2 Å². The maximum atomic E-state index is 13.0. The highest BCUT2D eigenvalue weighted by Crippen LogP contribution is 2.41. The summed E-state index contributed by atoms with van der Waals surface area (Å²) in [5.41, 5.74) is 0.424. The highest BCUT2D eigenvalue weighted by atomic mass is 35.5. The summed E-state index contributed by atoms with van der Waals surface area (Å²) >= 11 is 7.81. The quantitative estimate of drug-likeness (QED) is 0.281. The van der Waals surface area contributed by atoms with Gasteiger partial charge >= 0.3 is 16.3 Å². The van der Waals surface area contributed by atoms with E-state index in [1.807, 2.05) is 5.38 Å². The highest BCUT2D eigenvalue weighted by molar-refractivity contribution is 7.86. The van der Waals surface area contributed by atoms with E-state index in [4.69, 9.17) is 35.1 Å². The molecule has 1 saturated heterocycles. The number of carbonyl (C=O) groups is 1. The number of likely N-dealkylation sites (tertiary alicyclic amines) is 1. The molecular weight excluding hydrogens is 649 g/mol. The zero-order valence-corrected chi connectivity index (χ0v) is 25.7. The van der Waals surface area contributed by atoms with Crippen molar-refractivity contribution in [2.24, 2.45) is 5.16 Å². The van der Waals surface area contributed by atoms with Crippen LogP contribution in [0, 0.1) is 0 Å². The number of halogens is 4. The highest BCUT2D eigenvalue weighted by Gasteiger charge is 2.34. The SMILES string of the molecule is COc1ccc(C(F)(F)F)nc1OCC(=O)N1CCC(c2nc(C3=NOC(c4c(Cl)cccc4OS(C)(=O)=O)C3)cs2)CC1. The summed E-state index contributed by atoms with van der Waals surface area (Å²) in [5.74, 6) is -0.650. The average Bonchev–Trinajstić information content (AvgIpc) is 3.65. The Kier molecular flexibility index (Phi) is 9.23. The molecule has 1 atom stereocenters. The molecule has 2 aliphatic rings. The second kappa shape index (κ2) is 12.8. The van der Waals surface area contributed by atoms with Gasteiger partial charge < -0.3 is 23.4 Å². The lowest BCUT2D eigenvalue weighted by Gasteiger charge is -2.31. The minimum atomic E-state index is -4.67. The number of amides is 1. The van der Waals surface area contributed by atoms with Crippen LogP contribution >= 0.6 is 22.9 Å². The molecule has 0 bridgehead atoms. The lowest BCUT2D eigenvalue weighted by atomic mass is 9.97. The molecule has 1 unspecified atom stereocenters. The number of aromatic nitrogens is 2. The molecular formula is C27H26ClF3N4O7S2. The normalized spacial score (nSPS) is 17.6. The molecule has 0 radical (unpaired) electrons. The summed E-state index contributed by atoms with van der Waals surface area (Å²) in [7, 11) is -2.53. The molecule has 4 heterocycles. The van der Waals surface area contributed by atoms with Gasteiger partial charge in [-0.25, -0.2) is 9.97 Å². The molecule has 2 aromatic heterocycles. The summed E-state index contributed by atoms with van der Waals surface area (Å²) in [6, 6.07) is 6.54. The zero-order chi connectivity index (χ0) is 31.6. The van der Waals surface area contributed by atoms with E-state index in [1.165, 1.54) is 24.5 Å². The van der Waals surface area contributed by atoms with Crippen LogP contribution in [-0.2, 0) is 25.9 Å². The van der Waals surface area contributed by atoms with Gasteiger partial charge in [0.05, 0.1) is 34.7 Å². The maximum absolute atomic E-state index is 13.0. The first-order valence-electron chi connectivity index (χ1n) is 13.2. The van der Waals surface area contributed by atoms with Crippen LogP contribution in [-0.4, -0.2) is 68.0 Å². The third-order valence-electron chi connectivity index (χ3n) is 6.93. The fourth-order valence-electron chi connectivity index (χ4n) is 4.80. The third kappa shape index (κ3) is 7.35. The minimum absolute atomic E-state index is 0.0118. The molecule has 1 fully saturated rings. The van der Waals surface area contributed by atoms with E-state index in [1.54, 1.807) is 17.0 Å². The van der Waals surface area contributed by atoms with Crippen LogP contribution in [0.15, 0.2) is 40.9 Å². The number of benzene rings is 1. The van der Waals surface area contributed by atoms with Crippen LogP contribution in [0.1, 0.15) is 53.2 Å². The van der Waals surface area contributed by atoms with Crippen LogP contribution in [0.2, 0.25) is 5.02 Å². The Morgan fingerprint density at radius 1 is 1.16 bits per heavy atom. The first-order chi connectivity index (χ1) is 20.8. The maximum Gasteiger partial charge on any atom is 0.433 e. The number of pyridine rings is 1. The Balaban J connectivity index is 1.16. The summed E-state index contributed by atoms with van der Waals surface area (Å²) in [6.07, 6.45) is -2.84. The molecule has 1 aromatic carbocycles. The number of nitrogens with zero attached hydrogens (tertiary/aromatic N) is 4. The topological polar surface area (TPSA) is 130 Å². The van der Waals surface area contributed by atoms with Crippen molar-refractivity contribution in [3.63, 3.8) is 0 Å². The number of piperidine rings is 1.